The van der Waals surface area contributed by atoms with Gasteiger partial charge in [0.05, 0.1) is 0 Å². The summed E-state index contributed by atoms with van der Waals surface area (Å²) < 4.78 is 1.22. The summed E-state index contributed by atoms with van der Waals surface area (Å²) in [6, 6.07) is 11.8. The Bertz CT molecular complexity index is 1150. The molecule has 0 amide bonds. The fourth-order valence-electron chi connectivity index (χ4n) is 4.81. The zero-order valence-corrected chi connectivity index (χ0v) is 16.3. The van der Waals surface area contributed by atoms with Crippen molar-refractivity contribution in [3.8, 4) is 0 Å². The molecule has 0 N–H and O–H groups in total. The van der Waals surface area contributed by atoms with Crippen LogP contribution in [0.2, 0.25) is 0 Å². The Morgan fingerprint density at radius 2 is 1.71 bits per heavy atom. The highest BCUT2D eigenvalue weighted by Crippen LogP contribution is 2.47. The smallest absolute Gasteiger partial charge is 0.0809 e. The van der Waals surface area contributed by atoms with Crippen molar-refractivity contribution in [1.82, 2.24) is 0 Å². The van der Waals surface area contributed by atoms with E-state index in [1.807, 2.05) is 0 Å². The monoisotopic (exact) mass is 374 g/mol. The van der Waals surface area contributed by atoms with E-state index >= 15 is 0 Å². The average Bonchev–Trinajstić information content (AvgIpc) is 2.53. The molecular formula is C22H20BBr. The van der Waals surface area contributed by atoms with Crippen molar-refractivity contribution in [2.24, 2.45) is 0 Å². The van der Waals surface area contributed by atoms with Crippen molar-refractivity contribution in [3.05, 3.63) is 51.5 Å². The highest BCUT2D eigenvalue weighted by atomic mass is 79.9. The maximum absolute atomic E-state index is 3.85. The Balaban J connectivity index is 2.20. The summed E-state index contributed by atoms with van der Waals surface area (Å²) in [6.07, 6.45) is 2.42. The number of halogens is 1. The number of hydrogen-bond donors (Lipinski definition) is 0. The molecule has 0 nitrogen and oxygen atoms in total. The van der Waals surface area contributed by atoms with Crippen LogP contribution in [-0.2, 0) is 11.8 Å². The fraction of sp³-hybridized carbons (Fsp3) is 0.273. The Kier molecular flexibility index (Phi) is 2.80. The average molecular weight is 375 g/mol. The molecule has 0 saturated heterocycles. The predicted molar refractivity (Wildman–Crippen MR) is 112 cm³/mol. The van der Waals surface area contributed by atoms with Crippen LogP contribution in [0, 0.1) is 6.92 Å². The topological polar surface area (TPSA) is 0 Å². The van der Waals surface area contributed by atoms with E-state index in [-0.39, 0.29) is 5.41 Å². The van der Waals surface area contributed by atoms with Gasteiger partial charge >= 0.3 is 0 Å². The molecule has 5 rings (SSSR count). The van der Waals surface area contributed by atoms with Gasteiger partial charge in [0.1, 0.15) is 7.85 Å². The van der Waals surface area contributed by atoms with Crippen LogP contribution in [0.5, 0.6) is 0 Å². The van der Waals surface area contributed by atoms with E-state index in [0.717, 1.165) is 0 Å². The molecule has 0 bridgehead atoms. The number of benzene rings is 4. The van der Waals surface area contributed by atoms with Gasteiger partial charge in [-0.2, -0.15) is 0 Å². The van der Waals surface area contributed by atoms with Crippen LogP contribution in [0.3, 0.4) is 0 Å². The maximum atomic E-state index is 3.85. The SMILES string of the molecule is Bc1cc2c3c(cc4c(Br)cc(C)c5ccc1c3c54)C(C)(C)CC2. The van der Waals surface area contributed by atoms with Gasteiger partial charge in [-0.05, 0) is 86.3 Å². The fourth-order valence-corrected chi connectivity index (χ4v) is 5.47. The largest absolute Gasteiger partial charge is 0.140 e. The molecule has 118 valence electrons. The molecule has 0 aromatic heterocycles. The van der Waals surface area contributed by atoms with Crippen LogP contribution in [0.4, 0.5) is 0 Å². The normalized spacial score (nSPS) is 16.5. The molecule has 2 heteroatoms. The first kappa shape index (κ1) is 14.8. The molecule has 24 heavy (non-hydrogen) atoms. The minimum atomic E-state index is 0.235. The van der Waals surface area contributed by atoms with E-state index in [1.165, 1.54) is 66.2 Å². The van der Waals surface area contributed by atoms with Gasteiger partial charge in [0, 0.05) is 4.47 Å². The van der Waals surface area contributed by atoms with Crippen LogP contribution >= 0.6 is 15.9 Å². The van der Waals surface area contributed by atoms with E-state index in [9.17, 15) is 0 Å². The van der Waals surface area contributed by atoms with E-state index in [2.05, 4.69) is 74.9 Å². The third kappa shape index (κ3) is 1.70. The summed E-state index contributed by atoms with van der Waals surface area (Å²) in [5.74, 6) is 0. The summed E-state index contributed by atoms with van der Waals surface area (Å²) in [4.78, 5) is 0. The second-order valence-corrected chi connectivity index (χ2v) is 9.02. The standard InChI is InChI=1S/C22H20BBr/c1-11-8-18(24)15-10-16-19-12(6-7-22(16,2)3)9-17(23)14-5-4-13(11)20(15)21(14)19/h4-5,8-10H,6-7,23H2,1-3H3. The summed E-state index contributed by atoms with van der Waals surface area (Å²) in [5.41, 5.74) is 6.07. The third-order valence-electron chi connectivity index (χ3n) is 6.19. The second-order valence-electron chi connectivity index (χ2n) is 8.17. The highest BCUT2D eigenvalue weighted by molar-refractivity contribution is 9.10. The van der Waals surface area contributed by atoms with Crippen LogP contribution in [0.1, 0.15) is 37.0 Å². The van der Waals surface area contributed by atoms with Crippen LogP contribution in [-0.4, -0.2) is 7.85 Å². The van der Waals surface area contributed by atoms with E-state index in [0.29, 0.717) is 0 Å². The van der Waals surface area contributed by atoms with Gasteiger partial charge in [-0.25, -0.2) is 0 Å². The zero-order chi connectivity index (χ0) is 16.8. The molecule has 4 aromatic rings. The van der Waals surface area contributed by atoms with Crippen molar-refractivity contribution < 1.29 is 0 Å². The summed E-state index contributed by atoms with van der Waals surface area (Å²) in [7, 11) is 2.27. The van der Waals surface area contributed by atoms with Gasteiger partial charge in [-0.15, -0.1) is 0 Å². The molecule has 0 radical (unpaired) electrons. The highest BCUT2D eigenvalue weighted by Gasteiger charge is 2.31. The van der Waals surface area contributed by atoms with Crippen molar-refractivity contribution in [3.63, 3.8) is 0 Å². The molecule has 0 spiro atoms. The Labute approximate surface area is 152 Å². The first-order valence-corrected chi connectivity index (χ1v) is 9.58. The number of aryl methyl sites for hydroxylation is 2. The van der Waals surface area contributed by atoms with Crippen molar-refractivity contribution in [2.75, 3.05) is 0 Å². The van der Waals surface area contributed by atoms with Crippen LogP contribution < -0.4 is 5.46 Å². The lowest BCUT2D eigenvalue weighted by Crippen LogP contribution is -2.24. The van der Waals surface area contributed by atoms with E-state index in [1.54, 1.807) is 5.56 Å². The van der Waals surface area contributed by atoms with Gasteiger partial charge in [0.25, 0.3) is 0 Å². The van der Waals surface area contributed by atoms with Crippen molar-refractivity contribution >= 4 is 61.6 Å². The van der Waals surface area contributed by atoms with Crippen LogP contribution in [0.25, 0.3) is 32.3 Å². The molecule has 0 aliphatic heterocycles. The lowest BCUT2D eigenvalue weighted by atomic mass is 9.69. The van der Waals surface area contributed by atoms with E-state index < -0.39 is 0 Å². The molecule has 0 heterocycles. The minimum Gasteiger partial charge on any atom is -0.0809 e. The summed E-state index contributed by atoms with van der Waals surface area (Å²) in [5, 5.41) is 8.65. The molecule has 0 atom stereocenters. The zero-order valence-electron chi connectivity index (χ0n) is 14.7. The first-order valence-electron chi connectivity index (χ1n) is 8.79. The Morgan fingerprint density at radius 1 is 0.958 bits per heavy atom. The molecule has 1 aliphatic carbocycles. The molecular weight excluding hydrogens is 355 g/mol. The summed E-state index contributed by atoms with van der Waals surface area (Å²) in [6.45, 7) is 7.03. The summed E-state index contributed by atoms with van der Waals surface area (Å²) >= 11 is 3.85. The molecule has 4 aromatic carbocycles. The predicted octanol–water partition coefficient (Wildman–Crippen LogP) is 5.14. The lowest BCUT2D eigenvalue weighted by Gasteiger charge is -2.34. The lowest BCUT2D eigenvalue weighted by molar-refractivity contribution is 0.475. The van der Waals surface area contributed by atoms with Gasteiger partial charge in [0.2, 0.25) is 0 Å². The van der Waals surface area contributed by atoms with Gasteiger partial charge in [-0.3, -0.25) is 0 Å². The first-order chi connectivity index (χ1) is 11.4. The number of hydrogen-bond acceptors (Lipinski definition) is 0. The maximum Gasteiger partial charge on any atom is 0.140 e. The second kappa shape index (κ2) is 4.55. The molecule has 0 saturated carbocycles. The Morgan fingerprint density at radius 3 is 2.50 bits per heavy atom. The quantitative estimate of drug-likeness (QED) is 0.295. The molecule has 0 unspecified atom stereocenters. The minimum absolute atomic E-state index is 0.235. The van der Waals surface area contributed by atoms with Gasteiger partial charge in [-0.1, -0.05) is 53.4 Å². The van der Waals surface area contributed by atoms with Gasteiger partial charge < -0.3 is 0 Å². The van der Waals surface area contributed by atoms with Gasteiger partial charge in [0.15, 0.2) is 0 Å². The van der Waals surface area contributed by atoms with Crippen LogP contribution in [0.15, 0.2) is 34.8 Å². The number of rotatable bonds is 0. The third-order valence-corrected chi connectivity index (χ3v) is 6.85. The van der Waals surface area contributed by atoms with E-state index in [4.69, 9.17) is 0 Å². The van der Waals surface area contributed by atoms with Crippen molar-refractivity contribution in [2.45, 2.75) is 39.0 Å². The Hall–Kier alpha value is -1.54. The molecule has 1 aliphatic rings. The van der Waals surface area contributed by atoms with Crippen molar-refractivity contribution in [1.29, 1.82) is 0 Å². The molecule has 0 fully saturated rings.